The van der Waals surface area contributed by atoms with Crippen molar-refractivity contribution < 1.29 is 0 Å². The molecule has 4 atom stereocenters. The summed E-state index contributed by atoms with van der Waals surface area (Å²) in [6.07, 6.45) is 8.35. The van der Waals surface area contributed by atoms with Gasteiger partial charge in [-0.05, 0) is 23.7 Å². The van der Waals surface area contributed by atoms with Crippen molar-refractivity contribution in [3.05, 3.63) is 0 Å². The molecule has 0 N–H and O–H groups in total. The molecule has 98 valence electrons. The lowest BCUT2D eigenvalue weighted by Crippen LogP contribution is -2.22. The Morgan fingerprint density at radius 2 is 1.12 bits per heavy atom. The monoisotopic (exact) mass is 226 g/mol. The van der Waals surface area contributed by atoms with Gasteiger partial charge in [-0.2, -0.15) is 0 Å². The van der Waals surface area contributed by atoms with Gasteiger partial charge in [-0.3, -0.25) is 0 Å². The fraction of sp³-hybridized carbons (Fsp3) is 1.00. The minimum absolute atomic E-state index is 0.886. The van der Waals surface area contributed by atoms with E-state index in [0.717, 1.165) is 23.7 Å². The zero-order valence-electron chi connectivity index (χ0n) is 12.6. The molecule has 0 aliphatic carbocycles. The van der Waals surface area contributed by atoms with Gasteiger partial charge in [0.1, 0.15) is 0 Å². The maximum atomic E-state index is 2.47. The Labute approximate surface area is 104 Å². The highest BCUT2D eigenvalue weighted by Gasteiger charge is 2.22. The van der Waals surface area contributed by atoms with Crippen molar-refractivity contribution in [2.75, 3.05) is 0 Å². The van der Waals surface area contributed by atoms with Crippen LogP contribution in [0.1, 0.15) is 80.1 Å². The number of rotatable bonds is 9. The molecule has 0 bridgehead atoms. The Kier molecular flexibility index (Phi) is 9.07. The zero-order valence-corrected chi connectivity index (χ0v) is 12.6. The van der Waals surface area contributed by atoms with Gasteiger partial charge in [0.25, 0.3) is 0 Å². The predicted molar refractivity (Wildman–Crippen MR) is 75.7 cm³/mol. The Morgan fingerprint density at radius 1 is 0.625 bits per heavy atom. The zero-order chi connectivity index (χ0) is 12.6. The minimum atomic E-state index is 0.886. The van der Waals surface area contributed by atoms with Crippen LogP contribution in [0.15, 0.2) is 0 Å². The third-order valence-electron chi connectivity index (χ3n) is 4.63. The van der Waals surface area contributed by atoms with Crippen molar-refractivity contribution in [1.82, 2.24) is 0 Å². The molecule has 0 rings (SSSR count). The van der Waals surface area contributed by atoms with E-state index in [9.17, 15) is 0 Å². The van der Waals surface area contributed by atoms with Gasteiger partial charge in [-0.15, -0.1) is 0 Å². The molecule has 0 aromatic heterocycles. The topological polar surface area (TPSA) is 0 Å². The summed E-state index contributed by atoms with van der Waals surface area (Å²) < 4.78 is 0. The summed E-state index contributed by atoms with van der Waals surface area (Å²) in [6.45, 7) is 14.4. The van der Waals surface area contributed by atoms with Crippen molar-refractivity contribution in [3.63, 3.8) is 0 Å². The molecule has 0 heteroatoms. The molecular formula is C16H34. The van der Waals surface area contributed by atoms with Gasteiger partial charge in [0.05, 0.1) is 0 Å². The van der Waals surface area contributed by atoms with Crippen LogP contribution in [0.3, 0.4) is 0 Å². The van der Waals surface area contributed by atoms with Gasteiger partial charge in [0, 0.05) is 0 Å². The van der Waals surface area contributed by atoms with Gasteiger partial charge < -0.3 is 0 Å². The SMILES string of the molecule is CCCCCC(C)C(C)C(C)C(C)CCC. The predicted octanol–water partition coefficient (Wildman–Crippen LogP) is 5.91. The molecule has 0 amide bonds. The summed E-state index contributed by atoms with van der Waals surface area (Å²) >= 11 is 0. The summed E-state index contributed by atoms with van der Waals surface area (Å²) in [7, 11) is 0. The van der Waals surface area contributed by atoms with Crippen LogP contribution in [0, 0.1) is 23.7 Å². The Hall–Kier alpha value is 0. The second kappa shape index (κ2) is 9.07. The lowest BCUT2D eigenvalue weighted by atomic mass is 9.75. The highest BCUT2D eigenvalue weighted by Crippen LogP contribution is 2.31. The van der Waals surface area contributed by atoms with Crippen LogP contribution in [0.5, 0.6) is 0 Å². The van der Waals surface area contributed by atoms with E-state index < -0.39 is 0 Å². The quantitative estimate of drug-likeness (QED) is 0.429. The molecule has 0 saturated heterocycles. The normalized spacial score (nSPS) is 19.1. The standard InChI is InChI=1S/C16H34/c1-7-9-10-12-14(4)16(6)15(5)13(3)11-8-2/h13-16H,7-12H2,1-6H3. The summed E-state index contributed by atoms with van der Waals surface area (Å²) in [6, 6.07) is 0. The summed E-state index contributed by atoms with van der Waals surface area (Å²) in [5, 5.41) is 0. The molecule has 0 spiro atoms. The minimum Gasteiger partial charge on any atom is -0.0654 e. The summed E-state index contributed by atoms with van der Waals surface area (Å²) in [4.78, 5) is 0. The first-order chi connectivity index (χ1) is 7.54. The molecule has 4 unspecified atom stereocenters. The first-order valence-electron chi connectivity index (χ1n) is 7.54. The fourth-order valence-corrected chi connectivity index (χ4v) is 2.73. The van der Waals surface area contributed by atoms with Gasteiger partial charge in [-0.1, -0.05) is 80.1 Å². The first-order valence-corrected chi connectivity index (χ1v) is 7.54. The van der Waals surface area contributed by atoms with Crippen molar-refractivity contribution in [1.29, 1.82) is 0 Å². The van der Waals surface area contributed by atoms with Crippen molar-refractivity contribution in [3.8, 4) is 0 Å². The number of hydrogen-bond acceptors (Lipinski definition) is 0. The Morgan fingerprint density at radius 3 is 1.56 bits per heavy atom. The van der Waals surface area contributed by atoms with E-state index in [1.165, 1.54) is 38.5 Å². The van der Waals surface area contributed by atoms with E-state index in [2.05, 4.69) is 41.5 Å². The molecule has 0 radical (unpaired) electrons. The van der Waals surface area contributed by atoms with Crippen LogP contribution >= 0.6 is 0 Å². The van der Waals surface area contributed by atoms with Crippen LogP contribution in [-0.2, 0) is 0 Å². The van der Waals surface area contributed by atoms with Crippen LogP contribution in [0.25, 0.3) is 0 Å². The number of unbranched alkanes of at least 4 members (excludes halogenated alkanes) is 2. The third kappa shape index (κ3) is 5.92. The van der Waals surface area contributed by atoms with Gasteiger partial charge >= 0.3 is 0 Å². The molecule has 16 heavy (non-hydrogen) atoms. The molecule has 0 saturated carbocycles. The van der Waals surface area contributed by atoms with Gasteiger partial charge in [-0.25, -0.2) is 0 Å². The molecule has 0 fully saturated rings. The maximum absolute atomic E-state index is 2.47. The van der Waals surface area contributed by atoms with Crippen LogP contribution in [0.2, 0.25) is 0 Å². The van der Waals surface area contributed by atoms with Gasteiger partial charge in [0.15, 0.2) is 0 Å². The number of hydrogen-bond donors (Lipinski definition) is 0. The molecule has 0 heterocycles. The van der Waals surface area contributed by atoms with Crippen molar-refractivity contribution >= 4 is 0 Å². The third-order valence-corrected chi connectivity index (χ3v) is 4.63. The molecule has 0 aliphatic heterocycles. The van der Waals surface area contributed by atoms with Crippen LogP contribution < -0.4 is 0 Å². The summed E-state index contributed by atoms with van der Waals surface area (Å²) in [5.74, 6) is 3.57. The van der Waals surface area contributed by atoms with E-state index in [1.807, 2.05) is 0 Å². The molecule has 0 aromatic rings. The molecular weight excluding hydrogens is 192 g/mol. The van der Waals surface area contributed by atoms with Crippen molar-refractivity contribution in [2.24, 2.45) is 23.7 Å². The second-order valence-electron chi connectivity index (χ2n) is 5.96. The van der Waals surface area contributed by atoms with E-state index in [4.69, 9.17) is 0 Å². The average molecular weight is 226 g/mol. The van der Waals surface area contributed by atoms with Crippen LogP contribution in [0.4, 0.5) is 0 Å². The lowest BCUT2D eigenvalue weighted by molar-refractivity contribution is 0.194. The lowest BCUT2D eigenvalue weighted by Gasteiger charge is -2.30. The highest BCUT2D eigenvalue weighted by molar-refractivity contribution is 4.72. The largest absolute Gasteiger partial charge is 0.0654 e. The molecule has 0 aliphatic rings. The summed E-state index contributed by atoms with van der Waals surface area (Å²) in [5.41, 5.74) is 0. The second-order valence-corrected chi connectivity index (χ2v) is 5.96. The Bertz CT molecular complexity index is 150. The average Bonchev–Trinajstić information content (AvgIpc) is 2.27. The maximum Gasteiger partial charge on any atom is -0.0389 e. The van der Waals surface area contributed by atoms with E-state index in [1.54, 1.807) is 0 Å². The molecule has 0 nitrogen and oxygen atoms in total. The van der Waals surface area contributed by atoms with Crippen molar-refractivity contribution in [2.45, 2.75) is 80.1 Å². The molecule has 0 aromatic carbocycles. The highest BCUT2D eigenvalue weighted by atomic mass is 14.3. The smallest absolute Gasteiger partial charge is 0.0389 e. The fourth-order valence-electron chi connectivity index (χ4n) is 2.73. The van der Waals surface area contributed by atoms with Crippen LogP contribution in [-0.4, -0.2) is 0 Å². The first kappa shape index (κ1) is 16.0. The van der Waals surface area contributed by atoms with E-state index in [0.29, 0.717) is 0 Å². The van der Waals surface area contributed by atoms with E-state index >= 15 is 0 Å². The Balaban J connectivity index is 3.94. The van der Waals surface area contributed by atoms with E-state index in [-0.39, 0.29) is 0 Å². The van der Waals surface area contributed by atoms with Gasteiger partial charge in [0.2, 0.25) is 0 Å².